The first-order valence-corrected chi connectivity index (χ1v) is 8.06. The number of methoxy groups -OCH3 is 1. The van der Waals surface area contributed by atoms with Gasteiger partial charge in [-0.1, -0.05) is 24.3 Å². The van der Waals surface area contributed by atoms with E-state index in [1.165, 1.54) is 0 Å². The lowest BCUT2D eigenvalue weighted by atomic mass is 10.1. The molecule has 0 fully saturated rings. The Morgan fingerprint density at radius 3 is 2.46 bits per heavy atom. The largest absolute Gasteiger partial charge is 0.383 e. The first-order chi connectivity index (χ1) is 12.1. The lowest BCUT2D eigenvalue weighted by Gasteiger charge is -2.11. The summed E-state index contributed by atoms with van der Waals surface area (Å²) in [6.07, 6.45) is 0. The summed E-state index contributed by atoms with van der Waals surface area (Å²) < 4.78 is 4.91. The number of amides is 2. The number of benzene rings is 2. The van der Waals surface area contributed by atoms with E-state index in [0.717, 1.165) is 11.3 Å². The predicted octanol–water partition coefficient (Wildman–Crippen LogP) is 2.84. The van der Waals surface area contributed by atoms with Gasteiger partial charge in [-0.3, -0.25) is 9.59 Å². The van der Waals surface area contributed by atoms with Gasteiger partial charge < -0.3 is 20.7 Å². The minimum absolute atomic E-state index is 0. The predicted molar refractivity (Wildman–Crippen MR) is 106 cm³/mol. The minimum Gasteiger partial charge on any atom is -0.383 e. The first kappa shape index (κ1) is 21.6. The van der Waals surface area contributed by atoms with Crippen molar-refractivity contribution in [2.45, 2.75) is 6.92 Å². The van der Waals surface area contributed by atoms with Crippen molar-refractivity contribution < 1.29 is 14.3 Å². The smallest absolute Gasteiger partial charge is 0.255 e. The molecule has 6 nitrogen and oxygen atoms in total. The molecule has 2 amide bonds. The van der Waals surface area contributed by atoms with Crippen molar-refractivity contribution in [3.8, 4) is 0 Å². The molecule has 2 aromatic rings. The Balaban J connectivity index is 0.00000338. The number of ether oxygens (including phenoxy) is 1. The third kappa shape index (κ3) is 6.84. The number of rotatable bonds is 8. The Morgan fingerprint density at radius 2 is 1.77 bits per heavy atom. The highest BCUT2D eigenvalue weighted by Crippen LogP contribution is 2.18. The SMILES string of the molecule is COCCNCC(=O)Nc1cc(C(=O)Nc2ccccc2)ccc1C.Cl. The highest BCUT2D eigenvalue weighted by Gasteiger charge is 2.10. The van der Waals surface area contributed by atoms with Crippen LogP contribution in [0.3, 0.4) is 0 Å². The standard InChI is InChI=1S/C19H23N3O3.ClH/c1-14-8-9-15(19(24)21-16-6-4-3-5-7-16)12-17(14)22-18(23)13-20-10-11-25-2;/h3-9,12,20H,10-11,13H2,1-2H3,(H,21,24)(H,22,23);1H. The van der Waals surface area contributed by atoms with Crippen LogP contribution in [0.5, 0.6) is 0 Å². The normalized spacial score (nSPS) is 9.92. The van der Waals surface area contributed by atoms with E-state index >= 15 is 0 Å². The molecular formula is C19H24ClN3O3. The van der Waals surface area contributed by atoms with Crippen LogP contribution >= 0.6 is 12.4 Å². The fourth-order valence-corrected chi connectivity index (χ4v) is 2.19. The monoisotopic (exact) mass is 377 g/mol. The quantitative estimate of drug-likeness (QED) is 0.618. The number of nitrogens with one attached hydrogen (secondary N) is 3. The van der Waals surface area contributed by atoms with Gasteiger partial charge in [-0.15, -0.1) is 12.4 Å². The zero-order chi connectivity index (χ0) is 18.1. The Bertz CT molecular complexity index is 723. The zero-order valence-electron chi connectivity index (χ0n) is 14.9. The van der Waals surface area contributed by atoms with Crippen molar-refractivity contribution >= 4 is 35.6 Å². The average molecular weight is 378 g/mol. The summed E-state index contributed by atoms with van der Waals surface area (Å²) in [6.45, 7) is 3.21. The van der Waals surface area contributed by atoms with Gasteiger partial charge in [-0.25, -0.2) is 0 Å². The Morgan fingerprint density at radius 1 is 1.04 bits per heavy atom. The first-order valence-electron chi connectivity index (χ1n) is 8.06. The maximum Gasteiger partial charge on any atom is 0.255 e. The van der Waals surface area contributed by atoms with Gasteiger partial charge in [-0.2, -0.15) is 0 Å². The molecule has 0 aliphatic heterocycles. The van der Waals surface area contributed by atoms with Crippen molar-refractivity contribution in [1.82, 2.24) is 5.32 Å². The highest BCUT2D eigenvalue weighted by molar-refractivity contribution is 6.05. The fourth-order valence-electron chi connectivity index (χ4n) is 2.19. The number of carbonyl (C=O) groups excluding carboxylic acids is 2. The summed E-state index contributed by atoms with van der Waals surface area (Å²) >= 11 is 0. The maximum atomic E-state index is 12.4. The Kier molecular flexibility index (Phi) is 9.36. The van der Waals surface area contributed by atoms with Crippen molar-refractivity contribution in [3.05, 3.63) is 59.7 Å². The molecule has 3 N–H and O–H groups in total. The molecule has 0 aliphatic rings. The number of halogens is 1. The molecule has 0 saturated carbocycles. The molecule has 7 heteroatoms. The molecular weight excluding hydrogens is 354 g/mol. The van der Waals surface area contributed by atoms with Crippen molar-refractivity contribution in [2.75, 3.05) is 37.4 Å². The highest BCUT2D eigenvalue weighted by atomic mass is 35.5. The van der Waals surface area contributed by atoms with Crippen LogP contribution in [0, 0.1) is 6.92 Å². The summed E-state index contributed by atoms with van der Waals surface area (Å²) in [4.78, 5) is 24.3. The second kappa shape index (κ2) is 11.3. The molecule has 2 aromatic carbocycles. The van der Waals surface area contributed by atoms with Gasteiger partial charge in [0.1, 0.15) is 0 Å². The molecule has 2 rings (SSSR count). The second-order valence-corrected chi connectivity index (χ2v) is 5.57. The van der Waals surface area contributed by atoms with Crippen LogP contribution < -0.4 is 16.0 Å². The number of aryl methyl sites for hydroxylation is 1. The van der Waals surface area contributed by atoms with Crippen LogP contribution in [-0.4, -0.2) is 38.6 Å². The summed E-state index contributed by atoms with van der Waals surface area (Å²) in [5.74, 6) is -0.389. The lowest BCUT2D eigenvalue weighted by molar-refractivity contribution is -0.115. The van der Waals surface area contributed by atoms with Crippen LogP contribution in [0.2, 0.25) is 0 Å². The van der Waals surface area contributed by atoms with Gasteiger partial charge in [0.15, 0.2) is 0 Å². The topological polar surface area (TPSA) is 79.5 Å². The van der Waals surface area contributed by atoms with E-state index in [-0.39, 0.29) is 30.8 Å². The van der Waals surface area contributed by atoms with Crippen molar-refractivity contribution in [2.24, 2.45) is 0 Å². The summed E-state index contributed by atoms with van der Waals surface area (Å²) in [5.41, 5.74) is 2.72. The Labute approximate surface area is 159 Å². The minimum atomic E-state index is -0.222. The molecule has 0 atom stereocenters. The second-order valence-electron chi connectivity index (χ2n) is 5.57. The van der Waals surface area contributed by atoms with Crippen LogP contribution in [0.15, 0.2) is 48.5 Å². The van der Waals surface area contributed by atoms with Gasteiger partial charge in [-0.05, 0) is 36.8 Å². The van der Waals surface area contributed by atoms with Crippen LogP contribution in [0.1, 0.15) is 15.9 Å². The van der Waals surface area contributed by atoms with E-state index in [2.05, 4.69) is 16.0 Å². The maximum absolute atomic E-state index is 12.4. The average Bonchev–Trinajstić information content (AvgIpc) is 2.61. The number of hydrogen-bond donors (Lipinski definition) is 3. The van der Waals surface area contributed by atoms with Gasteiger partial charge in [0.05, 0.1) is 13.2 Å². The molecule has 0 heterocycles. The van der Waals surface area contributed by atoms with Gasteiger partial charge in [0, 0.05) is 30.6 Å². The summed E-state index contributed by atoms with van der Waals surface area (Å²) in [5, 5.41) is 8.63. The van der Waals surface area contributed by atoms with Crippen LogP contribution in [0.4, 0.5) is 11.4 Å². The molecule has 0 unspecified atom stereocenters. The van der Waals surface area contributed by atoms with Gasteiger partial charge in [0.25, 0.3) is 5.91 Å². The molecule has 0 bridgehead atoms. The molecule has 26 heavy (non-hydrogen) atoms. The van der Waals surface area contributed by atoms with E-state index < -0.39 is 0 Å². The molecule has 0 saturated heterocycles. The third-order valence-corrected chi connectivity index (χ3v) is 3.57. The van der Waals surface area contributed by atoms with Crippen molar-refractivity contribution in [1.29, 1.82) is 0 Å². The van der Waals surface area contributed by atoms with E-state index in [9.17, 15) is 9.59 Å². The van der Waals surface area contributed by atoms with E-state index in [0.29, 0.717) is 24.4 Å². The number of carbonyl (C=O) groups is 2. The van der Waals surface area contributed by atoms with Crippen LogP contribution in [-0.2, 0) is 9.53 Å². The fraction of sp³-hybridized carbons (Fsp3) is 0.263. The summed E-state index contributed by atoms with van der Waals surface area (Å²) in [7, 11) is 1.61. The van der Waals surface area contributed by atoms with Gasteiger partial charge >= 0.3 is 0 Å². The van der Waals surface area contributed by atoms with Crippen molar-refractivity contribution in [3.63, 3.8) is 0 Å². The number of para-hydroxylation sites is 1. The van der Waals surface area contributed by atoms with Gasteiger partial charge in [0.2, 0.25) is 5.91 Å². The zero-order valence-corrected chi connectivity index (χ0v) is 15.7. The molecule has 0 radical (unpaired) electrons. The van der Waals surface area contributed by atoms with E-state index in [1.54, 1.807) is 19.2 Å². The third-order valence-electron chi connectivity index (χ3n) is 3.57. The summed E-state index contributed by atoms with van der Waals surface area (Å²) in [6, 6.07) is 14.5. The molecule has 0 spiro atoms. The lowest BCUT2D eigenvalue weighted by Crippen LogP contribution is -2.30. The number of hydrogen-bond acceptors (Lipinski definition) is 4. The molecule has 0 aromatic heterocycles. The van der Waals surface area contributed by atoms with Crippen LogP contribution in [0.25, 0.3) is 0 Å². The molecule has 0 aliphatic carbocycles. The molecule has 140 valence electrons. The van der Waals surface area contributed by atoms with E-state index in [1.807, 2.05) is 43.3 Å². The number of anilines is 2. The Hall–Kier alpha value is -2.41. The van der Waals surface area contributed by atoms with E-state index in [4.69, 9.17) is 4.74 Å².